The van der Waals surface area contributed by atoms with E-state index >= 15 is 0 Å². The molecule has 6 heteroatoms. The quantitative estimate of drug-likeness (QED) is 0.700. The van der Waals surface area contributed by atoms with Crippen molar-refractivity contribution in [2.24, 2.45) is 5.41 Å². The first-order valence-electron chi connectivity index (χ1n) is 7.02. The smallest absolute Gasteiger partial charge is 0.312 e. The van der Waals surface area contributed by atoms with Gasteiger partial charge in [-0.3, -0.25) is 14.4 Å². The second-order valence-corrected chi connectivity index (χ2v) is 6.46. The second-order valence-electron chi connectivity index (χ2n) is 6.46. The van der Waals surface area contributed by atoms with Crippen molar-refractivity contribution in [1.29, 1.82) is 0 Å². The van der Waals surface area contributed by atoms with Crippen molar-refractivity contribution in [2.75, 3.05) is 26.2 Å². The predicted octanol–water partition coefficient (Wildman–Crippen LogP) is 0.228. The first-order valence-corrected chi connectivity index (χ1v) is 7.02. The van der Waals surface area contributed by atoms with Crippen molar-refractivity contribution in [1.82, 2.24) is 15.1 Å². The number of nitrogens with one attached hydrogen (secondary N) is 1. The molecule has 1 N–H and O–H groups in total. The van der Waals surface area contributed by atoms with Gasteiger partial charge in [0.1, 0.15) is 0 Å². The van der Waals surface area contributed by atoms with E-state index in [0.29, 0.717) is 26.2 Å². The number of rotatable bonds is 1. The van der Waals surface area contributed by atoms with Crippen molar-refractivity contribution >= 4 is 17.7 Å². The van der Waals surface area contributed by atoms with E-state index in [9.17, 15) is 14.4 Å². The van der Waals surface area contributed by atoms with Crippen LogP contribution in [0.15, 0.2) is 0 Å². The SMILES string of the molecule is CC(C)NC(=O)C(=O)N1CCN(C(=O)C(C)(C)C)CC1. The molecule has 0 aromatic heterocycles. The normalized spacial score (nSPS) is 16.3. The minimum absolute atomic E-state index is 0.0600. The maximum Gasteiger partial charge on any atom is 0.312 e. The average Bonchev–Trinajstić information content (AvgIpc) is 2.35. The number of hydrogen-bond acceptors (Lipinski definition) is 3. The fourth-order valence-electron chi connectivity index (χ4n) is 2.05. The van der Waals surface area contributed by atoms with E-state index in [4.69, 9.17) is 0 Å². The molecule has 1 saturated heterocycles. The van der Waals surface area contributed by atoms with Gasteiger partial charge in [0.2, 0.25) is 5.91 Å². The van der Waals surface area contributed by atoms with Crippen molar-refractivity contribution in [3.05, 3.63) is 0 Å². The summed E-state index contributed by atoms with van der Waals surface area (Å²) < 4.78 is 0. The molecule has 0 aromatic carbocycles. The third kappa shape index (κ3) is 4.21. The summed E-state index contributed by atoms with van der Waals surface area (Å²) in [4.78, 5) is 38.9. The molecule has 0 spiro atoms. The lowest BCUT2D eigenvalue weighted by Gasteiger charge is -2.37. The Labute approximate surface area is 120 Å². The molecule has 1 heterocycles. The molecule has 0 saturated carbocycles. The Hall–Kier alpha value is -1.59. The van der Waals surface area contributed by atoms with Gasteiger partial charge >= 0.3 is 11.8 Å². The molecule has 0 bridgehead atoms. The molecule has 20 heavy (non-hydrogen) atoms. The van der Waals surface area contributed by atoms with Gasteiger partial charge in [-0.1, -0.05) is 20.8 Å². The summed E-state index contributed by atoms with van der Waals surface area (Å²) in [6.45, 7) is 11.0. The van der Waals surface area contributed by atoms with Crippen LogP contribution in [0.25, 0.3) is 0 Å². The summed E-state index contributed by atoms with van der Waals surface area (Å²) in [5.74, 6) is -1.01. The Morgan fingerprint density at radius 2 is 1.40 bits per heavy atom. The fourth-order valence-corrected chi connectivity index (χ4v) is 2.05. The van der Waals surface area contributed by atoms with Crippen molar-refractivity contribution < 1.29 is 14.4 Å². The highest BCUT2D eigenvalue weighted by Crippen LogP contribution is 2.18. The van der Waals surface area contributed by atoms with E-state index in [2.05, 4.69) is 5.32 Å². The molecule has 1 aliphatic heterocycles. The monoisotopic (exact) mass is 283 g/mol. The number of piperazine rings is 1. The lowest BCUT2D eigenvalue weighted by molar-refractivity contribution is -0.150. The van der Waals surface area contributed by atoms with Crippen LogP contribution in [0.4, 0.5) is 0 Å². The highest BCUT2D eigenvalue weighted by molar-refractivity contribution is 6.35. The van der Waals surface area contributed by atoms with Gasteiger partial charge in [0.15, 0.2) is 0 Å². The van der Waals surface area contributed by atoms with Gasteiger partial charge in [-0.2, -0.15) is 0 Å². The Morgan fingerprint density at radius 3 is 1.80 bits per heavy atom. The summed E-state index contributed by atoms with van der Waals surface area (Å²) in [7, 11) is 0. The summed E-state index contributed by atoms with van der Waals surface area (Å²) in [5, 5.41) is 2.59. The Kier molecular flexibility index (Phi) is 5.14. The highest BCUT2D eigenvalue weighted by Gasteiger charge is 2.32. The Morgan fingerprint density at radius 1 is 0.950 bits per heavy atom. The number of carbonyl (C=O) groups is 3. The van der Waals surface area contributed by atoms with E-state index in [1.807, 2.05) is 34.6 Å². The van der Waals surface area contributed by atoms with Gasteiger partial charge in [0.05, 0.1) is 0 Å². The molecular formula is C14H25N3O3. The van der Waals surface area contributed by atoms with Gasteiger partial charge in [-0.25, -0.2) is 0 Å². The molecule has 114 valence electrons. The lowest BCUT2D eigenvalue weighted by atomic mass is 9.94. The number of carbonyl (C=O) groups excluding carboxylic acids is 3. The van der Waals surface area contributed by atoms with E-state index < -0.39 is 17.2 Å². The predicted molar refractivity (Wildman–Crippen MR) is 75.9 cm³/mol. The molecule has 0 aliphatic carbocycles. The van der Waals surface area contributed by atoms with Crippen LogP contribution in [0.2, 0.25) is 0 Å². The molecule has 0 unspecified atom stereocenters. The van der Waals surface area contributed by atoms with Crippen LogP contribution < -0.4 is 5.32 Å². The minimum atomic E-state index is -0.574. The third-order valence-electron chi connectivity index (χ3n) is 3.11. The maximum absolute atomic E-state index is 12.1. The van der Waals surface area contributed by atoms with Crippen molar-refractivity contribution in [3.8, 4) is 0 Å². The molecule has 0 aromatic rings. The average molecular weight is 283 g/mol. The molecule has 0 atom stereocenters. The van der Waals surface area contributed by atoms with Crippen molar-refractivity contribution in [3.63, 3.8) is 0 Å². The van der Waals surface area contributed by atoms with Crippen LogP contribution in [0.1, 0.15) is 34.6 Å². The van der Waals surface area contributed by atoms with Gasteiger partial charge in [0.25, 0.3) is 0 Å². The molecule has 6 nitrogen and oxygen atoms in total. The van der Waals surface area contributed by atoms with Gasteiger partial charge < -0.3 is 15.1 Å². The Bertz CT molecular complexity index is 391. The van der Waals surface area contributed by atoms with Crippen molar-refractivity contribution in [2.45, 2.75) is 40.7 Å². The Balaban J connectivity index is 2.52. The van der Waals surface area contributed by atoms with Crippen LogP contribution >= 0.6 is 0 Å². The first kappa shape index (κ1) is 16.5. The largest absolute Gasteiger partial charge is 0.346 e. The van der Waals surface area contributed by atoms with Crippen LogP contribution in [0.3, 0.4) is 0 Å². The molecule has 0 radical (unpaired) electrons. The standard InChI is InChI=1S/C14H25N3O3/c1-10(2)15-11(18)12(19)16-6-8-17(9-7-16)13(20)14(3,4)5/h10H,6-9H2,1-5H3,(H,15,18). The second kappa shape index (κ2) is 6.24. The highest BCUT2D eigenvalue weighted by atomic mass is 16.2. The van der Waals surface area contributed by atoms with Crippen LogP contribution in [-0.2, 0) is 14.4 Å². The van der Waals surface area contributed by atoms with Gasteiger partial charge in [0, 0.05) is 37.6 Å². The molecule has 1 fully saturated rings. The summed E-state index contributed by atoms with van der Waals surface area (Å²) in [5.41, 5.74) is -0.415. The number of amides is 3. The first-order chi connectivity index (χ1) is 9.12. The molecule has 1 rings (SSSR count). The number of hydrogen-bond donors (Lipinski definition) is 1. The van der Waals surface area contributed by atoms with E-state index in [0.717, 1.165) is 0 Å². The summed E-state index contributed by atoms with van der Waals surface area (Å²) in [6.07, 6.45) is 0. The van der Waals surface area contributed by atoms with Crippen LogP contribution in [-0.4, -0.2) is 59.7 Å². The van der Waals surface area contributed by atoms with E-state index in [1.165, 1.54) is 4.90 Å². The maximum atomic E-state index is 12.1. The zero-order valence-electron chi connectivity index (χ0n) is 13.0. The summed E-state index contributed by atoms with van der Waals surface area (Å²) in [6, 6.07) is -0.0600. The topological polar surface area (TPSA) is 69.7 Å². The number of nitrogens with zero attached hydrogens (tertiary/aromatic N) is 2. The molecule has 1 aliphatic rings. The fraction of sp³-hybridized carbons (Fsp3) is 0.786. The van der Waals surface area contributed by atoms with Crippen LogP contribution in [0.5, 0.6) is 0 Å². The zero-order chi connectivity index (χ0) is 15.5. The van der Waals surface area contributed by atoms with E-state index in [-0.39, 0.29) is 11.9 Å². The molecule has 3 amide bonds. The lowest BCUT2D eigenvalue weighted by Crippen LogP contribution is -2.55. The van der Waals surface area contributed by atoms with Gasteiger partial charge in [-0.05, 0) is 13.8 Å². The minimum Gasteiger partial charge on any atom is -0.346 e. The van der Waals surface area contributed by atoms with Gasteiger partial charge in [-0.15, -0.1) is 0 Å². The summed E-state index contributed by atoms with van der Waals surface area (Å²) >= 11 is 0. The zero-order valence-corrected chi connectivity index (χ0v) is 13.0. The third-order valence-corrected chi connectivity index (χ3v) is 3.11. The van der Waals surface area contributed by atoms with Crippen LogP contribution in [0, 0.1) is 5.41 Å². The molecular weight excluding hydrogens is 258 g/mol. The van der Waals surface area contributed by atoms with E-state index in [1.54, 1.807) is 4.90 Å².